The van der Waals surface area contributed by atoms with E-state index in [1.54, 1.807) is 0 Å². The van der Waals surface area contributed by atoms with Crippen molar-refractivity contribution in [2.45, 2.75) is 87.6 Å². The third-order valence-electron chi connectivity index (χ3n) is 4.06. The Bertz CT molecular complexity index is 404. The second-order valence-electron chi connectivity index (χ2n) is 9.40. The summed E-state index contributed by atoms with van der Waals surface area (Å²) in [6, 6.07) is 0. The van der Waals surface area contributed by atoms with E-state index >= 15 is 0 Å². The highest BCUT2D eigenvalue weighted by Gasteiger charge is 2.40. The van der Waals surface area contributed by atoms with Gasteiger partial charge in [0, 0.05) is 22.3 Å². The first-order chi connectivity index (χ1) is 9.61. The van der Waals surface area contributed by atoms with E-state index in [0.717, 1.165) is 6.42 Å². The Balaban J connectivity index is 5.01. The second kappa shape index (κ2) is 7.14. The monoisotopic (exact) mass is 311 g/mol. The molecule has 0 aliphatic heterocycles. The van der Waals surface area contributed by atoms with Crippen LogP contribution in [0.5, 0.6) is 0 Å². The van der Waals surface area contributed by atoms with Gasteiger partial charge in [-0.25, -0.2) is 0 Å². The minimum atomic E-state index is -0.567. The molecule has 0 aliphatic rings. The molecular formula is C19H37NO2. The lowest BCUT2D eigenvalue weighted by Gasteiger charge is -2.37. The molecule has 0 unspecified atom stereocenters. The molecule has 1 amide bonds. The van der Waals surface area contributed by atoms with Crippen molar-refractivity contribution in [1.82, 2.24) is 5.32 Å². The van der Waals surface area contributed by atoms with Crippen LogP contribution in [-0.2, 0) is 9.59 Å². The van der Waals surface area contributed by atoms with Crippen LogP contribution >= 0.6 is 0 Å². The molecular weight excluding hydrogens is 274 g/mol. The van der Waals surface area contributed by atoms with Gasteiger partial charge in [0.2, 0.25) is 5.91 Å². The predicted octanol–water partition coefficient (Wildman–Crippen LogP) is 4.59. The smallest absolute Gasteiger partial charge is 0.226 e. The maximum atomic E-state index is 12.7. The van der Waals surface area contributed by atoms with Crippen LogP contribution in [-0.4, -0.2) is 17.2 Å². The number of rotatable bonds is 8. The van der Waals surface area contributed by atoms with Gasteiger partial charge < -0.3 is 5.32 Å². The highest BCUT2D eigenvalue weighted by atomic mass is 16.2. The number of amides is 1. The second-order valence-corrected chi connectivity index (χ2v) is 9.40. The van der Waals surface area contributed by atoms with Crippen molar-refractivity contribution in [2.24, 2.45) is 22.7 Å². The van der Waals surface area contributed by atoms with Crippen LogP contribution in [0.3, 0.4) is 0 Å². The first kappa shape index (κ1) is 21.1. The van der Waals surface area contributed by atoms with E-state index in [2.05, 4.69) is 33.0 Å². The highest BCUT2D eigenvalue weighted by molar-refractivity contribution is 5.88. The van der Waals surface area contributed by atoms with Crippen molar-refractivity contribution in [3.05, 3.63) is 0 Å². The molecule has 22 heavy (non-hydrogen) atoms. The molecule has 0 spiro atoms. The first-order valence-electron chi connectivity index (χ1n) is 8.48. The summed E-state index contributed by atoms with van der Waals surface area (Å²) < 4.78 is 0. The molecule has 1 N–H and O–H groups in total. The van der Waals surface area contributed by atoms with Gasteiger partial charge in [0.1, 0.15) is 5.78 Å². The van der Waals surface area contributed by atoms with Crippen LogP contribution in [0, 0.1) is 22.7 Å². The Morgan fingerprint density at radius 2 is 1.32 bits per heavy atom. The van der Waals surface area contributed by atoms with E-state index in [4.69, 9.17) is 0 Å². The lowest BCUT2D eigenvalue weighted by atomic mass is 9.70. The average molecular weight is 312 g/mol. The molecule has 0 aliphatic carbocycles. The van der Waals surface area contributed by atoms with E-state index in [0.29, 0.717) is 12.3 Å². The zero-order valence-corrected chi connectivity index (χ0v) is 16.4. The molecule has 0 aromatic rings. The van der Waals surface area contributed by atoms with E-state index in [-0.39, 0.29) is 23.1 Å². The summed E-state index contributed by atoms with van der Waals surface area (Å²) in [5, 5.41) is 3.17. The van der Waals surface area contributed by atoms with E-state index < -0.39 is 10.8 Å². The van der Waals surface area contributed by atoms with Crippen molar-refractivity contribution >= 4 is 11.7 Å². The SMILES string of the molecule is CC(C)CC(C)(C)NC(=O)C(C)(C)CC(C)(C)C(=O)C(C)C. The van der Waals surface area contributed by atoms with Crippen LogP contribution in [0.15, 0.2) is 0 Å². The molecule has 3 nitrogen and oxygen atoms in total. The van der Waals surface area contributed by atoms with Crippen LogP contribution in [0.2, 0.25) is 0 Å². The third-order valence-corrected chi connectivity index (χ3v) is 4.06. The fourth-order valence-corrected chi connectivity index (χ4v) is 3.60. The normalized spacial score (nSPS) is 13.6. The fourth-order valence-electron chi connectivity index (χ4n) is 3.60. The van der Waals surface area contributed by atoms with Crippen molar-refractivity contribution < 1.29 is 9.59 Å². The van der Waals surface area contributed by atoms with Gasteiger partial charge >= 0.3 is 0 Å². The summed E-state index contributed by atoms with van der Waals surface area (Å²) >= 11 is 0. The number of carbonyl (C=O) groups excluding carboxylic acids is 2. The van der Waals surface area contributed by atoms with Gasteiger partial charge in [-0.05, 0) is 32.6 Å². The lowest BCUT2D eigenvalue weighted by Crippen LogP contribution is -2.51. The molecule has 0 heterocycles. The van der Waals surface area contributed by atoms with Crippen LogP contribution < -0.4 is 5.32 Å². The summed E-state index contributed by atoms with van der Waals surface area (Å²) in [5.41, 5.74) is -1.28. The number of hydrogen-bond donors (Lipinski definition) is 1. The largest absolute Gasteiger partial charge is 0.351 e. The number of Topliss-reactive ketones (excluding diaryl/α,β-unsaturated/α-hetero) is 1. The van der Waals surface area contributed by atoms with Crippen molar-refractivity contribution in [1.29, 1.82) is 0 Å². The topological polar surface area (TPSA) is 46.2 Å². The highest BCUT2D eigenvalue weighted by Crippen LogP contribution is 2.36. The number of nitrogens with one attached hydrogen (secondary N) is 1. The van der Waals surface area contributed by atoms with Gasteiger partial charge in [0.15, 0.2) is 0 Å². The van der Waals surface area contributed by atoms with Gasteiger partial charge in [-0.15, -0.1) is 0 Å². The first-order valence-corrected chi connectivity index (χ1v) is 8.48. The van der Waals surface area contributed by atoms with Gasteiger partial charge in [-0.3, -0.25) is 9.59 Å². The van der Waals surface area contributed by atoms with Crippen molar-refractivity contribution in [2.75, 3.05) is 0 Å². The van der Waals surface area contributed by atoms with Gasteiger partial charge in [0.05, 0.1) is 0 Å². The minimum Gasteiger partial charge on any atom is -0.351 e. The Labute approximate surface area is 137 Å². The molecule has 3 heteroatoms. The van der Waals surface area contributed by atoms with E-state index in [9.17, 15) is 9.59 Å². The molecule has 0 aromatic carbocycles. The maximum absolute atomic E-state index is 12.7. The molecule has 0 rings (SSSR count). The van der Waals surface area contributed by atoms with E-state index in [1.807, 2.05) is 41.5 Å². The number of hydrogen-bond acceptors (Lipinski definition) is 2. The van der Waals surface area contributed by atoms with Crippen LogP contribution in [0.25, 0.3) is 0 Å². The molecule has 0 bridgehead atoms. The lowest BCUT2D eigenvalue weighted by molar-refractivity contribution is -0.137. The zero-order valence-electron chi connectivity index (χ0n) is 16.4. The summed E-state index contributed by atoms with van der Waals surface area (Å²) in [6.07, 6.45) is 1.49. The van der Waals surface area contributed by atoms with Gasteiger partial charge in [-0.1, -0.05) is 55.4 Å². The summed E-state index contributed by atoms with van der Waals surface area (Å²) in [6.45, 7) is 20.0. The summed E-state index contributed by atoms with van der Waals surface area (Å²) in [4.78, 5) is 25.1. The zero-order chi connectivity index (χ0) is 17.9. The number of carbonyl (C=O) groups is 2. The van der Waals surface area contributed by atoms with Crippen LogP contribution in [0.1, 0.15) is 82.1 Å². The Kier molecular flexibility index (Phi) is 6.86. The quantitative estimate of drug-likeness (QED) is 0.712. The van der Waals surface area contributed by atoms with E-state index in [1.165, 1.54) is 0 Å². The Morgan fingerprint density at radius 3 is 1.68 bits per heavy atom. The molecule has 0 fully saturated rings. The maximum Gasteiger partial charge on any atom is 0.226 e. The van der Waals surface area contributed by atoms with Gasteiger partial charge in [0.25, 0.3) is 0 Å². The summed E-state index contributed by atoms with van der Waals surface area (Å²) in [7, 11) is 0. The third kappa shape index (κ3) is 6.50. The minimum absolute atomic E-state index is 0.00811. The fraction of sp³-hybridized carbons (Fsp3) is 0.895. The molecule has 0 atom stereocenters. The molecule has 130 valence electrons. The van der Waals surface area contributed by atoms with Crippen molar-refractivity contribution in [3.63, 3.8) is 0 Å². The summed E-state index contributed by atoms with van der Waals surface area (Å²) in [5.74, 6) is 0.765. The Hall–Kier alpha value is -0.860. The Morgan fingerprint density at radius 1 is 0.864 bits per heavy atom. The molecule has 0 aromatic heterocycles. The van der Waals surface area contributed by atoms with Crippen molar-refractivity contribution in [3.8, 4) is 0 Å². The average Bonchev–Trinajstić information content (AvgIpc) is 2.23. The molecule has 0 radical (unpaired) electrons. The predicted molar refractivity (Wildman–Crippen MR) is 93.7 cm³/mol. The molecule has 0 saturated heterocycles. The van der Waals surface area contributed by atoms with Gasteiger partial charge in [-0.2, -0.15) is 0 Å². The molecule has 0 saturated carbocycles. The number of ketones is 1. The standard InChI is InChI=1S/C19H37NO2/c1-13(2)11-19(9,10)20-16(22)18(7,8)12-17(5,6)15(21)14(3)4/h13-14H,11-12H2,1-10H3,(H,20,22). The van der Waals surface area contributed by atoms with Crippen LogP contribution in [0.4, 0.5) is 0 Å².